The Morgan fingerprint density at radius 1 is 0.289 bits per heavy atom. The second-order valence-corrected chi connectivity index (χ2v) is 21.2. The zero-order valence-electron chi connectivity index (χ0n) is 40.6. The Hall–Kier alpha value is -9.75. The molecule has 2 aliphatic carbocycles. The fourth-order valence-electron chi connectivity index (χ4n) is 12.9. The highest BCUT2D eigenvalue weighted by molar-refractivity contribution is 7.25. The lowest BCUT2D eigenvalue weighted by Crippen LogP contribution is -2.25. The molecule has 6 heteroatoms. The summed E-state index contributed by atoms with van der Waals surface area (Å²) in [7, 11) is 0. The third kappa shape index (κ3) is 5.76. The minimum absolute atomic E-state index is 0.392. The van der Waals surface area contributed by atoms with Crippen molar-refractivity contribution in [3.05, 3.63) is 259 Å². The Labute approximate surface area is 439 Å². The average Bonchev–Trinajstić information content (AvgIpc) is 4.47. The number of nitrogens with zero attached hydrogens (tertiary/aromatic N) is 3. The maximum atomic E-state index is 6.66. The Bertz CT molecular complexity index is 4900. The number of para-hydroxylation sites is 2. The van der Waals surface area contributed by atoms with Crippen molar-refractivity contribution >= 4 is 75.4 Å². The molecule has 0 bridgehead atoms. The SMILES string of the molecule is c1ccc2c(c1)-c1ccccc1C21c2ccccc2-c2ccc(-c3ccc(-c4ccc5oc6cccc(-c7nc(-c8cccc9c8oc8ccccc89)nc(-c8cccc9sc%10ccccc%10c89)n7)c6c5c4)cc3)cc21. The van der Waals surface area contributed by atoms with Crippen molar-refractivity contribution < 1.29 is 8.83 Å². The molecule has 0 fully saturated rings. The van der Waals surface area contributed by atoms with Gasteiger partial charge in [-0.1, -0.05) is 188 Å². The lowest BCUT2D eigenvalue weighted by atomic mass is 9.70. The van der Waals surface area contributed by atoms with Gasteiger partial charge < -0.3 is 8.83 Å². The zero-order chi connectivity index (χ0) is 49.6. The predicted octanol–water partition coefficient (Wildman–Crippen LogP) is 18.7. The van der Waals surface area contributed by atoms with E-state index in [1.54, 1.807) is 11.3 Å². The van der Waals surface area contributed by atoms with E-state index in [1.807, 2.05) is 36.4 Å². The molecule has 0 amide bonds. The predicted molar refractivity (Wildman–Crippen MR) is 311 cm³/mol. The molecular formula is C70H39N3O2S. The van der Waals surface area contributed by atoms with Crippen LogP contribution < -0.4 is 0 Å². The Morgan fingerprint density at radius 3 is 1.49 bits per heavy atom. The third-order valence-electron chi connectivity index (χ3n) is 16.2. The number of fused-ring (bicyclic) bond motifs is 19. The summed E-state index contributed by atoms with van der Waals surface area (Å²) in [4.78, 5) is 16.1. The van der Waals surface area contributed by atoms with E-state index in [9.17, 15) is 0 Å². The molecule has 76 heavy (non-hydrogen) atoms. The number of furan rings is 2. The van der Waals surface area contributed by atoms with Crippen LogP contribution in [0.2, 0.25) is 0 Å². The molecule has 15 aromatic rings. The van der Waals surface area contributed by atoms with Crippen LogP contribution in [-0.2, 0) is 5.41 Å². The monoisotopic (exact) mass is 985 g/mol. The molecule has 0 atom stereocenters. The van der Waals surface area contributed by atoms with Gasteiger partial charge in [-0.05, 0) is 115 Å². The summed E-state index contributed by atoms with van der Waals surface area (Å²) in [5.74, 6) is 1.68. The van der Waals surface area contributed by atoms with Gasteiger partial charge >= 0.3 is 0 Å². The minimum Gasteiger partial charge on any atom is -0.456 e. The first-order valence-electron chi connectivity index (χ1n) is 25.7. The molecule has 0 saturated carbocycles. The second kappa shape index (κ2) is 15.6. The van der Waals surface area contributed by atoms with Crippen LogP contribution in [0.25, 0.3) is 143 Å². The Kier molecular flexibility index (Phi) is 8.58. The van der Waals surface area contributed by atoms with Gasteiger partial charge in [0.05, 0.1) is 11.0 Å². The van der Waals surface area contributed by atoms with Crippen LogP contribution >= 0.6 is 11.3 Å². The summed E-state index contributed by atoms with van der Waals surface area (Å²) in [5, 5.41) is 6.31. The van der Waals surface area contributed by atoms with Gasteiger partial charge in [-0.2, -0.15) is 0 Å². The first kappa shape index (κ1) is 41.7. The summed E-state index contributed by atoms with van der Waals surface area (Å²) in [6.45, 7) is 0. The molecule has 2 aliphatic rings. The highest BCUT2D eigenvalue weighted by atomic mass is 32.1. The maximum absolute atomic E-state index is 6.66. The molecule has 0 N–H and O–H groups in total. The smallest absolute Gasteiger partial charge is 0.167 e. The minimum atomic E-state index is -0.392. The van der Waals surface area contributed by atoms with Crippen LogP contribution in [0.4, 0.5) is 0 Å². The molecule has 4 heterocycles. The summed E-state index contributed by atoms with van der Waals surface area (Å²) in [5.41, 5.74) is 20.5. The van der Waals surface area contributed by atoms with Gasteiger partial charge in [0.1, 0.15) is 22.3 Å². The highest BCUT2D eigenvalue weighted by Crippen LogP contribution is 2.63. The normalized spacial score (nSPS) is 13.1. The quantitative estimate of drug-likeness (QED) is 0.172. The number of hydrogen-bond acceptors (Lipinski definition) is 6. The number of rotatable bonds is 5. The second-order valence-electron chi connectivity index (χ2n) is 20.1. The number of hydrogen-bond donors (Lipinski definition) is 0. The van der Waals surface area contributed by atoms with Crippen molar-refractivity contribution in [2.75, 3.05) is 0 Å². The van der Waals surface area contributed by atoms with Crippen molar-refractivity contribution in [3.8, 4) is 78.7 Å². The number of aromatic nitrogens is 3. The fourth-order valence-corrected chi connectivity index (χ4v) is 14.1. The molecule has 0 unspecified atom stereocenters. The van der Waals surface area contributed by atoms with Gasteiger partial charge in [0.25, 0.3) is 0 Å². The van der Waals surface area contributed by atoms with E-state index < -0.39 is 5.41 Å². The van der Waals surface area contributed by atoms with Crippen LogP contribution in [0.1, 0.15) is 22.3 Å². The van der Waals surface area contributed by atoms with Crippen molar-refractivity contribution in [1.82, 2.24) is 15.0 Å². The first-order chi connectivity index (χ1) is 37.7. The molecule has 11 aromatic carbocycles. The largest absolute Gasteiger partial charge is 0.456 e. The highest BCUT2D eigenvalue weighted by Gasteiger charge is 2.51. The maximum Gasteiger partial charge on any atom is 0.167 e. The molecule has 17 rings (SSSR count). The molecule has 0 radical (unpaired) electrons. The van der Waals surface area contributed by atoms with Gasteiger partial charge in [0, 0.05) is 52.8 Å². The van der Waals surface area contributed by atoms with Crippen molar-refractivity contribution in [2.24, 2.45) is 0 Å². The van der Waals surface area contributed by atoms with Crippen molar-refractivity contribution in [1.29, 1.82) is 0 Å². The van der Waals surface area contributed by atoms with Gasteiger partial charge in [-0.25, -0.2) is 15.0 Å². The molecule has 4 aromatic heterocycles. The van der Waals surface area contributed by atoms with Crippen LogP contribution in [0.3, 0.4) is 0 Å². The molecular weight excluding hydrogens is 947 g/mol. The molecule has 1 spiro atoms. The topological polar surface area (TPSA) is 65.0 Å². The lowest BCUT2D eigenvalue weighted by Gasteiger charge is -2.30. The summed E-state index contributed by atoms with van der Waals surface area (Å²) < 4.78 is 15.7. The average molecular weight is 986 g/mol. The van der Waals surface area contributed by atoms with Crippen LogP contribution in [-0.4, -0.2) is 15.0 Å². The fraction of sp³-hybridized carbons (Fsp3) is 0.0143. The van der Waals surface area contributed by atoms with E-state index in [2.05, 4.69) is 200 Å². The Balaban J connectivity index is 0.802. The van der Waals surface area contributed by atoms with E-state index in [0.29, 0.717) is 17.5 Å². The van der Waals surface area contributed by atoms with E-state index >= 15 is 0 Å². The first-order valence-corrected chi connectivity index (χ1v) is 26.5. The van der Waals surface area contributed by atoms with E-state index in [-0.39, 0.29) is 0 Å². The van der Waals surface area contributed by atoms with Crippen molar-refractivity contribution in [3.63, 3.8) is 0 Å². The van der Waals surface area contributed by atoms with Gasteiger partial charge in [0.15, 0.2) is 17.5 Å². The molecule has 0 aliphatic heterocycles. The molecule has 5 nitrogen and oxygen atoms in total. The van der Waals surface area contributed by atoms with E-state index in [1.165, 1.54) is 70.4 Å². The van der Waals surface area contributed by atoms with Crippen LogP contribution in [0.15, 0.2) is 245 Å². The van der Waals surface area contributed by atoms with Gasteiger partial charge in [-0.15, -0.1) is 11.3 Å². The standard InChI is InChI=1S/C70H39N3O2S/c1-6-23-55-44(14-1)45-15-2-7-24-56(45)70(55)57-25-8-3-16-46(57)47-36-34-43(39-58(47)70)41-32-30-40(31-33-41)42-35-37-60-54(38-42)64-51(20-12-27-61(64)74-60)67-71-68(52-21-13-29-63-65(52)50-18-5-10-28-62(50)76-63)73-69(72-67)53-22-11-19-49-48-17-4-9-26-59(48)75-66(49)53/h1-39H. The molecule has 352 valence electrons. The summed E-state index contributed by atoms with van der Waals surface area (Å²) >= 11 is 1.78. The van der Waals surface area contributed by atoms with E-state index in [4.69, 9.17) is 23.8 Å². The van der Waals surface area contributed by atoms with Crippen molar-refractivity contribution in [2.45, 2.75) is 5.41 Å². The molecule has 0 saturated heterocycles. The summed E-state index contributed by atoms with van der Waals surface area (Å²) in [6, 6.07) is 85.1. The van der Waals surface area contributed by atoms with E-state index in [0.717, 1.165) is 77.1 Å². The number of benzene rings is 11. The lowest BCUT2D eigenvalue weighted by molar-refractivity contribution is 0.668. The number of thiophene rings is 1. The van der Waals surface area contributed by atoms with Gasteiger partial charge in [-0.3, -0.25) is 0 Å². The third-order valence-corrected chi connectivity index (χ3v) is 17.3. The van der Waals surface area contributed by atoms with Gasteiger partial charge in [0.2, 0.25) is 0 Å². The summed E-state index contributed by atoms with van der Waals surface area (Å²) in [6.07, 6.45) is 0. The zero-order valence-corrected chi connectivity index (χ0v) is 41.4. The Morgan fingerprint density at radius 2 is 0.763 bits per heavy atom. The van der Waals surface area contributed by atoms with Crippen LogP contribution in [0, 0.1) is 0 Å². The van der Waals surface area contributed by atoms with Crippen LogP contribution in [0.5, 0.6) is 0 Å².